The van der Waals surface area contributed by atoms with Gasteiger partial charge in [-0.05, 0) is 68.5 Å². The zero-order valence-electron chi connectivity index (χ0n) is 24.7. The number of anilines is 2. The number of carbonyl (C=O) groups is 1. The van der Waals surface area contributed by atoms with Gasteiger partial charge in [-0.3, -0.25) is 5.32 Å². The van der Waals surface area contributed by atoms with Crippen LogP contribution >= 0.6 is 0 Å². The van der Waals surface area contributed by atoms with Crippen LogP contribution in [0.4, 0.5) is 16.3 Å². The van der Waals surface area contributed by atoms with Crippen molar-refractivity contribution in [3.05, 3.63) is 60.6 Å². The molecule has 0 aliphatic carbocycles. The molecule has 42 heavy (non-hydrogen) atoms. The van der Waals surface area contributed by atoms with Crippen LogP contribution in [0.5, 0.6) is 5.75 Å². The molecule has 4 aromatic rings. The fourth-order valence-corrected chi connectivity index (χ4v) is 5.66. The highest BCUT2D eigenvalue weighted by Crippen LogP contribution is 2.39. The number of hydrogen-bond donors (Lipinski definition) is 2. The molecule has 2 saturated heterocycles. The third-order valence-corrected chi connectivity index (χ3v) is 8.34. The zero-order valence-corrected chi connectivity index (χ0v) is 24.7. The van der Waals surface area contributed by atoms with Gasteiger partial charge in [-0.2, -0.15) is 0 Å². The minimum Gasteiger partial charge on any atom is -0.492 e. The second-order valence-electron chi connectivity index (χ2n) is 12.6. The summed E-state index contributed by atoms with van der Waals surface area (Å²) in [6.07, 6.45) is 8.71. The number of amides is 2. The van der Waals surface area contributed by atoms with Crippen molar-refractivity contribution in [3.63, 3.8) is 0 Å². The molecule has 5 heterocycles. The fraction of sp³-hybridized carbons (Fsp3) is 0.469. The molecule has 0 unspecified atom stereocenters. The van der Waals surface area contributed by atoms with Gasteiger partial charge in [-0.15, -0.1) is 0 Å². The number of rotatable bonds is 8. The summed E-state index contributed by atoms with van der Waals surface area (Å²) in [5.41, 5.74) is 3.57. The molecule has 0 atom stereocenters. The Kier molecular flexibility index (Phi) is 7.92. The van der Waals surface area contributed by atoms with E-state index in [-0.39, 0.29) is 11.4 Å². The first-order chi connectivity index (χ1) is 20.2. The van der Waals surface area contributed by atoms with Crippen molar-refractivity contribution in [3.8, 4) is 17.0 Å². The maximum Gasteiger partial charge on any atom is 0.324 e. The predicted octanol–water partition coefficient (Wildman–Crippen LogP) is 6.20. The highest BCUT2D eigenvalue weighted by molar-refractivity contribution is 5.99. The average Bonchev–Trinajstić information content (AvgIpc) is 3.72. The van der Waals surface area contributed by atoms with Gasteiger partial charge in [0.05, 0.1) is 25.1 Å². The van der Waals surface area contributed by atoms with Gasteiger partial charge in [0.1, 0.15) is 17.2 Å². The standard InChI is InChI=1S/C32H40N6O4/c1-31(2,3)27-19-28(36-42-27)35-30(39)33-24-7-5-23(6-8-24)26-21-38-20-25(9-10-29(38)34-26)41-17-4-14-37-15-11-32(12-16-37)13-18-40-22-32/h5-10,19-21H,4,11-18,22H2,1-3H3,(H2,33,35,36,39). The van der Waals surface area contributed by atoms with Gasteiger partial charge in [0.2, 0.25) is 0 Å². The van der Waals surface area contributed by atoms with Gasteiger partial charge in [-0.25, -0.2) is 9.78 Å². The van der Waals surface area contributed by atoms with Crippen LogP contribution < -0.4 is 15.4 Å². The van der Waals surface area contributed by atoms with Crippen molar-refractivity contribution >= 4 is 23.2 Å². The summed E-state index contributed by atoms with van der Waals surface area (Å²) in [5, 5.41) is 9.46. The summed E-state index contributed by atoms with van der Waals surface area (Å²) < 4.78 is 19.0. The lowest BCUT2D eigenvalue weighted by atomic mass is 9.78. The maximum atomic E-state index is 12.4. The number of imidazole rings is 1. The van der Waals surface area contributed by atoms with Gasteiger partial charge >= 0.3 is 6.03 Å². The Morgan fingerprint density at radius 2 is 1.86 bits per heavy atom. The number of aromatic nitrogens is 3. The largest absolute Gasteiger partial charge is 0.492 e. The summed E-state index contributed by atoms with van der Waals surface area (Å²) in [7, 11) is 0. The van der Waals surface area contributed by atoms with E-state index in [0.717, 1.165) is 48.8 Å². The molecule has 10 nitrogen and oxygen atoms in total. The Labute approximate surface area is 246 Å². The number of nitrogens with one attached hydrogen (secondary N) is 2. The molecular formula is C32H40N6O4. The third kappa shape index (κ3) is 6.60. The Morgan fingerprint density at radius 1 is 1.05 bits per heavy atom. The van der Waals surface area contributed by atoms with E-state index in [0.29, 0.717) is 29.3 Å². The van der Waals surface area contributed by atoms with Crippen LogP contribution in [0, 0.1) is 5.41 Å². The van der Waals surface area contributed by atoms with E-state index >= 15 is 0 Å². The number of piperidine rings is 1. The molecule has 2 N–H and O–H groups in total. The zero-order chi connectivity index (χ0) is 29.2. The Balaban J connectivity index is 0.982. The van der Waals surface area contributed by atoms with Gasteiger partial charge < -0.3 is 28.6 Å². The van der Waals surface area contributed by atoms with Crippen molar-refractivity contribution in [2.24, 2.45) is 5.41 Å². The lowest BCUT2D eigenvalue weighted by Crippen LogP contribution is -2.41. The molecule has 0 saturated carbocycles. The average molecular weight is 573 g/mol. The molecule has 0 radical (unpaired) electrons. The summed E-state index contributed by atoms with van der Waals surface area (Å²) in [6.45, 7) is 12.0. The van der Waals surface area contributed by atoms with Gasteiger partial charge in [-0.1, -0.05) is 38.1 Å². The molecule has 3 aromatic heterocycles. The molecular weight excluding hydrogens is 532 g/mol. The first kappa shape index (κ1) is 28.2. The molecule has 2 aliphatic heterocycles. The smallest absolute Gasteiger partial charge is 0.324 e. The predicted molar refractivity (Wildman–Crippen MR) is 162 cm³/mol. The molecule has 2 amide bonds. The fourth-order valence-electron chi connectivity index (χ4n) is 5.66. The highest BCUT2D eigenvalue weighted by Gasteiger charge is 2.37. The summed E-state index contributed by atoms with van der Waals surface area (Å²) in [4.78, 5) is 19.7. The quantitative estimate of drug-likeness (QED) is 0.242. The van der Waals surface area contributed by atoms with Gasteiger partial charge in [0.15, 0.2) is 5.82 Å². The van der Waals surface area contributed by atoms with E-state index in [1.807, 2.05) is 74.0 Å². The molecule has 10 heteroatoms. The first-order valence-electron chi connectivity index (χ1n) is 14.8. The molecule has 0 bridgehead atoms. The molecule has 1 spiro atoms. The van der Waals surface area contributed by atoms with E-state index in [2.05, 4.69) is 20.7 Å². The number of pyridine rings is 1. The van der Waals surface area contributed by atoms with Crippen LogP contribution in [0.25, 0.3) is 16.9 Å². The number of fused-ring (bicyclic) bond motifs is 1. The molecule has 222 valence electrons. The van der Waals surface area contributed by atoms with Crippen LogP contribution in [0.15, 0.2) is 59.4 Å². The second-order valence-corrected chi connectivity index (χ2v) is 12.6. The van der Waals surface area contributed by atoms with Crippen LogP contribution in [0.3, 0.4) is 0 Å². The SMILES string of the molecule is CC(C)(C)c1cc(NC(=O)Nc2ccc(-c3cn4cc(OCCCN5CCC6(CCOC6)CC5)ccc4n3)cc2)no1. The highest BCUT2D eigenvalue weighted by atomic mass is 16.5. The number of urea groups is 1. The third-order valence-electron chi connectivity index (χ3n) is 8.34. The van der Waals surface area contributed by atoms with Crippen LogP contribution in [0.1, 0.15) is 52.2 Å². The van der Waals surface area contributed by atoms with Crippen molar-refractivity contribution in [1.29, 1.82) is 0 Å². The number of ether oxygens (including phenoxy) is 2. The summed E-state index contributed by atoms with van der Waals surface area (Å²) in [6, 6.07) is 12.9. The van der Waals surface area contributed by atoms with Crippen molar-refractivity contribution in [1.82, 2.24) is 19.4 Å². The minimum atomic E-state index is -0.389. The topological polar surface area (TPSA) is 106 Å². The summed E-state index contributed by atoms with van der Waals surface area (Å²) >= 11 is 0. The van der Waals surface area contributed by atoms with Crippen molar-refractivity contribution in [2.45, 2.75) is 51.9 Å². The minimum absolute atomic E-state index is 0.186. The molecule has 6 rings (SSSR count). The Morgan fingerprint density at radius 3 is 2.57 bits per heavy atom. The van der Waals surface area contributed by atoms with Crippen molar-refractivity contribution < 1.29 is 18.8 Å². The van der Waals surface area contributed by atoms with Crippen LogP contribution in [-0.2, 0) is 10.2 Å². The number of carbonyl (C=O) groups excluding carboxylic acids is 1. The monoisotopic (exact) mass is 572 g/mol. The van der Waals surface area contributed by atoms with Gasteiger partial charge in [0.25, 0.3) is 0 Å². The van der Waals surface area contributed by atoms with E-state index in [9.17, 15) is 4.79 Å². The normalized spacial score (nSPS) is 17.1. The first-order valence-corrected chi connectivity index (χ1v) is 14.8. The van der Waals surface area contributed by atoms with Crippen LogP contribution in [0.2, 0.25) is 0 Å². The van der Waals surface area contributed by atoms with E-state index in [1.54, 1.807) is 6.07 Å². The van der Waals surface area contributed by atoms with Gasteiger partial charge in [0, 0.05) is 42.1 Å². The van der Waals surface area contributed by atoms with E-state index in [1.165, 1.54) is 32.4 Å². The maximum absolute atomic E-state index is 12.4. The number of benzene rings is 1. The lowest BCUT2D eigenvalue weighted by molar-refractivity contribution is 0.0781. The van der Waals surface area contributed by atoms with E-state index in [4.69, 9.17) is 19.0 Å². The molecule has 1 aromatic carbocycles. The Bertz CT molecular complexity index is 1500. The second kappa shape index (κ2) is 11.8. The molecule has 2 fully saturated rings. The lowest BCUT2D eigenvalue weighted by Gasteiger charge is -2.38. The number of likely N-dealkylation sites (tertiary alicyclic amines) is 1. The Hall–Kier alpha value is -3.89. The van der Waals surface area contributed by atoms with Crippen molar-refractivity contribution in [2.75, 3.05) is 50.1 Å². The molecule has 2 aliphatic rings. The van der Waals surface area contributed by atoms with E-state index < -0.39 is 0 Å². The number of hydrogen-bond acceptors (Lipinski definition) is 7. The summed E-state index contributed by atoms with van der Waals surface area (Å²) in [5.74, 6) is 1.91. The number of nitrogens with zero attached hydrogens (tertiary/aromatic N) is 4. The van der Waals surface area contributed by atoms with Crippen LogP contribution in [-0.4, -0.2) is 64.9 Å².